The fraction of sp³-hybridized carbons (Fsp3) is 0.500. The third kappa shape index (κ3) is 3.15. The number of hydrogen-bond acceptors (Lipinski definition) is 3. The molecule has 25 heavy (non-hydrogen) atoms. The van der Waals surface area contributed by atoms with Gasteiger partial charge in [-0.15, -0.1) is 0 Å². The topological polar surface area (TPSA) is 50.2 Å². The number of hydrogen-bond donors (Lipinski definition) is 1. The molecule has 2 aliphatic heterocycles. The summed E-state index contributed by atoms with van der Waals surface area (Å²) in [6, 6.07) is 6.40. The third-order valence-corrected chi connectivity index (χ3v) is 5.45. The van der Waals surface area contributed by atoms with Gasteiger partial charge < -0.3 is 14.8 Å². The summed E-state index contributed by atoms with van der Waals surface area (Å²) in [5.41, 5.74) is 3.29. The van der Waals surface area contributed by atoms with Gasteiger partial charge in [-0.25, -0.2) is 4.98 Å². The maximum absolute atomic E-state index is 13.1. The van der Waals surface area contributed by atoms with Crippen molar-refractivity contribution in [1.29, 1.82) is 0 Å². The normalized spacial score (nSPS) is 19.6. The second kappa shape index (κ2) is 6.90. The van der Waals surface area contributed by atoms with Crippen LogP contribution in [0.15, 0.2) is 30.6 Å². The van der Waals surface area contributed by atoms with E-state index in [-0.39, 0.29) is 11.9 Å². The van der Waals surface area contributed by atoms with E-state index in [1.807, 2.05) is 18.5 Å². The van der Waals surface area contributed by atoms with Gasteiger partial charge in [0.1, 0.15) is 5.82 Å². The molecule has 1 aromatic heterocycles. The van der Waals surface area contributed by atoms with E-state index in [0.717, 1.165) is 63.1 Å². The van der Waals surface area contributed by atoms with Gasteiger partial charge in [-0.1, -0.05) is 6.92 Å². The monoisotopic (exact) mass is 338 g/mol. The molecule has 5 nitrogen and oxygen atoms in total. The number of aryl methyl sites for hydroxylation is 2. The number of amides is 1. The molecule has 1 aromatic carbocycles. The molecule has 1 fully saturated rings. The van der Waals surface area contributed by atoms with E-state index in [1.165, 1.54) is 11.3 Å². The van der Waals surface area contributed by atoms with E-state index >= 15 is 0 Å². The minimum absolute atomic E-state index is 0.175. The summed E-state index contributed by atoms with van der Waals surface area (Å²) in [6.45, 7) is 4.85. The first-order chi connectivity index (χ1) is 12.3. The Labute approximate surface area is 149 Å². The van der Waals surface area contributed by atoms with Crippen LogP contribution in [0.2, 0.25) is 0 Å². The lowest BCUT2D eigenvalue weighted by molar-refractivity contribution is 0.0723. The zero-order valence-corrected chi connectivity index (χ0v) is 14.9. The van der Waals surface area contributed by atoms with Crippen LogP contribution in [-0.4, -0.2) is 39.5 Å². The summed E-state index contributed by atoms with van der Waals surface area (Å²) >= 11 is 0. The minimum Gasteiger partial charge on any atom is -0.385 e. The highest BCUT2D eigenvalue weighted by atomic mass is 16.2. The van der Waals surface area contributed by atoms with E-state index in [4.69, 9.17) is 0 Å². The first-order valence-electron chi connectivity index (χ1n) is 9.44. The third-order valence-electron chi connectivity index (χ3n) is 5.45. The predicted molar refractivity (Wildman–Crippen MR) is 98.9 cm³/mol. The molecule has 5 heteroatoms. The van der Waals surface area contributed by atoms with Gasteiger partial charge in [-0.2, -0.15) is 0 Å². The molecule has 1 amide bonds. The summed E-state index contributed by atoms with van der Waals surface area (Å²) < 4.78 is 2.20. The van der Waals surface area contributed by atoms with Crippen LogP contribution in [0.25, 0.3) is 0 Å². The number of rotatable bonds is 4. The highest BCUT2D eigenvalue weighted by molar-refractivity contribution is 5.95. The first-order valence-corrected chi connectivity index (χ1v) is 9.44. The fourth-order valence-corrected chi connectivity index (χ4v) is 4.11. The summed E-state index contributed by atoms with van der Waals surface area (Å²) in [5.74, 6) is 1.27. The average Bonchev–Trinajstić information content (AvgIpc) is 3.30. The number of benzene rings is 1. The Morgan fingerprint density at radius 1 is 1.36 bits per heavy atom. The summed E-state index contributed by atoms with van der Waals surface area (Å²) in [7, 11) is 0. The Balaban J connectivity index is 1.52. The molecule has 0 unspecified atom stereocenters. The number of carbonyl (C=O) groups excluding carboxylic acids is 1. The van der Waals surface area contributed by atoms with Gasteiger partial charge in [0.05, 0.1) is 6.04 Å². The average molecular weight is 338 g/mol. The van der Waals surface area contributed by atoms with Gasteiger partial charge in [-0.05, 0) is 49.4 Å². The van der Waals surface area contributed by atoms with Crippen molar-refractivity contribution in [1.82, 2.24) is 14.5 Å². The quantitative estimate of drug-likeness (QED) is 0.932. The molecule has 1 N–H and O–H groups in total. The van der Waals surface area contributed by atoms with Crippen LogP contribution in [0.1, 0.15) is 47.9 Å². The molecular weight excluding hydrogens is 312 g/mol. The van der Waals surface area contributed by atoms with Crippen LogP contribution in [0.5, 0.6) is 0 Å². The molecule has 1 atom stereocenters. The van der Waals surface area contributed by atoms with Gasteiger partial charge in [0.15, 0.2) is 0 Å². The van der Waals surface area contributed by atoms with Gasteiger partial charge in [0.25, 0.3) is 5.91 Å². The maximum Gasteiger partial charge on any atom is 0.254 e. The number of anilines is 1. The number of nitrogens with zero attached hydrogens (tertiary/aromatic N) is 3. The molecule has 0 aliphatic carbocycles. The number of imidazole rings is 1. The second-order valence-electron chi connectivity index (χ2n) is 7.05. The molecule has 2 aromatic rings. The minimum atomic E-state index is 0.175. The molecule has 1 saturated heterocycles. The Morgan fingerprint density at radius 2 is 2.28 bits per heavy atom. The molecule has 132 valence electrons. The number of fused-ring (bicyclic) bond motifs is 1. The second-order valence-corrected chi connectivity index (χ2v) is 7.05. The van der Waals surface area contributed by atoms with E-state index in [0.29, 0.717) is 0 Å². The van der Waals surface area contributed by atoms with Crippen molar-refractivity contribution in [3.8, 4) is 0 Å². The van der Waals surface area contributed by atoms with Crippen LogP contribution < -0.4 is 5.32 Å². The lowest BCUT2D eigenvalue weighted by atomic mass is 10.00. The Bertz CT molecular complexity index is 767. The summed E-state index contributed by atoms with van der Waals surface area (Å²) in [4.78, 5) is 19.6. The first kappa shape index (κ1) is 16.2. The Hall–Kier alpha value is -2.30. The van der Waals surface area contributed by atoms with E-state index in [9.17, 15) is 4.79 Å². The molecule has 0 spiro atoms. The van der Waals surface area contributed by atoms with Crippen LogP contribution in [0.3, 0.4) is 0 Å². The van der Waals surface area contributed by atoms with Crippen molar-refractivity contribution in [2.75, 3.05) is 18.4 Å². The highest BCUT2D eigenvalue weighted by Crippen LogP contribution is 2.26. The zero-order chi connectivity index (χ0) is 17.2. The Kier molecular flexibility index (Phi) is 4.47. The van der Waals surface area contributed by atoms with Gasteiger partial charge in [-0.3, -0.25) is 4.79 Å². The molecule has 4 rings (SSSR count). The standard InChI is InChI=1S/C20H26N4O/c1-2-19-22-10-12-23(19)14-17-6-4-11-24(17)20(25)16-7-8-18-15(13-16)5-3-9-21-18/h7-8,10,12-13,17,21H,2-6,9,11,14H2,1H3/t17-/m1/s1. The van der Waals surface area contributed by atoms with E-state index in [2.05, 4.69) is 38.8 Å². The number of nitrogens with one attached hydrogen (secondary N) is 1. The molecule has 2 aliphatic rings. The lowest BCUT2D eigenvalue weighted by Crippen LogP contribution is -2.38. The van der Waals surface area contributed by atoms with E-state index in [1.54, 1.807) is 0 Å². The zero-order valence-electron chi connectivity index (χ0n) is 14.9. The maximum atomic E-state index is 13.1. The number of carbonyl (C=O) groups is 1. The molecule has 0 saturated carbocycles. The van der Waals surface area contributed by atoms with Crippen LogP contribution >= 0.6 is 0 Å². The summed E-state index contributed by atoms with van der Waals surface area (Å²) in [5, 5.41) is 3.41. The smallest absolute Gasteiger partial charge is 0.254 e. The molecule has 0 bridgehead atoms. The number of aromatic nitrogens is 2. The summed E-state index contributed by atoms with van der Waals surface area (Å²) in [6.07, 6.45) is 9.16. The predicted octanol–water partition coefficient (Wildman–Crippen LogP) is 3.11. The van der Waals surface area contributed by atoms with Crippen molar-refractivity contribution < 1.29 is 4.79 Å². The fourth-order valence-electron chi connectivity index (χ4n) is 4.11. The van der Waals surface area contributed by atoms with Gasteiger partial charge >= 0.3 is 0 Å². The molecule has 3 heterocycles. The van der Waals surface area contributed by atoms with E-state index < -0.39 is 0 Å². The van der Waals surface area contributed by atoms with Crippen LogP contribution in [-0.2, 0) is 19.4 Å². The van der Waals surface area contributed by atoms with Crippen molar-refractivity contribution in [3.63, 3.8) is 0 Å². The Morgan fingerprint density at radius 3 is 3.16 bits per heavy atom. The SMILES string of the molecule is CCc1nccn1C[C@H]1CCCN1C(=O)c1ccc2c(c1)CCCN2. The van der Waals surface area contributed by atoms with Crippen LogP contribution in [0, 0.1) is 0 Å². The highest BCUT2D eigenvalue weighted by Gasteiger charge is 2.30. The van der Waals surface area contributed by atoms with Crippen molar-refractivity contribution in [2.24, 2.45) is 0 Å². The van der Waals surface area contributed by atoms with Crippen molar-refractivity contribution in [3.05, 3.63) is 47.5 Å². The molecule has 0 radical (unpaired) electrons. The largest absolute Gasteiger partial charge is 0.385 e. The number of likely N-dealkylation sites (tertiary alicyclic amines) is 1. The molecular formula is C20H26N4O. The van der Waals surface area contributed by atoms with Gasteiger partial charge in [0.2, 0.25) is 0 Å². The van der Waals surface area contributed by atoms with Crippen LogP contribution in [0.4, 0.5) is 5.69 Å². The van der Waals surface area contributed by atoms with Crippen molar-refractivity contribution >= 4 is 11.6 Å². The van der Waals surface area contributed by atoms with Gasteiger partial charge in [0, 0.05) is 49.7 Å². The lowest BCUT2D eigenvalue weighted by Gasteiger charge is -2.26. The van der Waals surface area contributed by atoms with Crippen molar-refractivity contribution in [2.45, 2.75) is 51.6 Å².